The molecule has 1 aromatic heterocycles. The van der Waals surface area contributed by atoms with Crippen LogP contribution in [0.15, 0.2) is 47.0 Å². The molecule has 0 unspecified atom stereocenters. The minimum Gasteiger partial charge on any atom is -0.493 e. The Kier molecular flexibility index (Phi) is 6.44. The third kappa shape index (κ3) is 4.77. The van der Waals surface area contributed by atoms with Crippen molar-refractivity contribution in [1.82, 2.24) is 4.98 Å². The lowest BCUT2D eigenvalue weighted by molar-refractivity contribution is -0.116. The third-order valence-corrected chi connectivity index (χ3v) is 4.56. The summed E-state index contributed by atoms with van der Waals surface area (Å²) in [4.78, 5) is 16.5. The first-order chi connectivity index (χ1) is 13.5. The van der Waals surface area contributed by atoms with Crippen LogP contribution in [0.25, 0.3) is 11.3 Å². The van der Waals surface area contributed by atoms with Gasteiger partial charge in [0.15, 0.2) is 23.1 Å². The number of aromatic nitrogens is 1. The van der Waals surface area contributed by atoms with Gasteiger partial charge < -0.3 is 19.2 Å². The first kappa shape index (κ1) is 20.0. The van der Waals surface area contributed by atoms with E-state index in [-0.39, 0.29) is 12.3 Å². The molecular weight excluding hydrogens is 403 g/mol. The molecule has 6 nitrogen and oxygen atoms in total. The van der Waals surface area contributed by atoms with E-state index in [0.29, 0.717) is 45.3 Å². The molecule has 0 saturated heterocycles. The van der Waals surface area contributed by atoms with Crippen LogP contribution in [-0.4, -0.2) is 25.1 Å². The van der Waals surface area contributed by atoms with E-state index in [9.17, 15) is 4.79 Å². The zero-order chi connectivity index (χ0) is 20.1. The molecule has 8 heteroatoms. The van der Waals surface area contributed by atoms with Gasteiger partial charge >= 0.3 is 0 Å². The van der Waals surface area contributed by atoms with Crippen LogP contribution in [0, 0.1) is 0 Å². The van der Waals surface area contributed by atoms with Crippen molar-refractivity contribution >= 4 is 34.8 Å². The molecule has 0 aliphatic heterocycles. The summed E-state index contributed by atoms with van der Waals surface area (Å²) in [5.41, 5.74) is 1.31. The summed E-state index contributed by atoms with van der Waals surface area (Å²) in [6.07, 6.45) is 2.16. The van der Waals surface area contributed by atoms with Crippen molar-refractivity contribution < 1.29 is 18.7 Å². The number of ether oxygens (including phenoxy) is 2. The summed E-state index contributed by atoms with van der Waals surface area (Å²) in [7, 11) is 3.03. The first-order valence-corrected chi connectivity index (χ1v) is 9.17. The van der Waals surface area contributed by atoms with Crippen LogP contribution in [0.4, 0.5) is 5.69 Å². The number of aryl methyl sites for hydroxylation is 1. The van der Waals surface area contributed by atoms with E-state index in [1.165, 1.54) is 14.2 Å². The number of anilines is 1. The lowest BCUT2D eigenvalue weighted by Gasteiger charge is -2.12. The van der Waals surface area contributed by atoms with Crippen molar-refractivity contribution in [3.05, 3.63) is 58.5 Å². The Hall–Kier alpha value is -2.70. The lowest BCUT2D eigenvalue weighted by atomic mass is 10.2. The first-order valence-electron chi connectivity index (χ1n) is 8.42. The molecule has 1 amide bonds. The summed E-state index contributed by atoms with van der Waals surface area (Å²) in [6.45, 7) is 0. The van der Waals surface area contributed by atoms with E-state index in [4.69, 9.17) is 37.1 Å². The second-order valence-electron chi connectivity index (χ2n) is 5.86. The number of methoxy groups -OCH3 is 2. The van der Waals surface area contributed by atoms with Gasteiger partial charge in [0.2, 0.25) is 5.91 Å². The van der Waals surface area contributed by atoms with Gasteiger partial charge in [-0.15, -0.1) is 0 Å². The van der Waals surface area contributed by atoms with E-state index in [1.807, 2.05) is 12.1 Å². The summed E-state index contributed by atoms with van der Waals surface area (Å²) in [5.74, 6) is 1.83. The third-order valence-electron chi connectivity index (χ3n) is 4.00. The average molecular weight is 421 g/mol. The number of hydrogen-bond acceptors (Lipinski definition) is 5. The Balaban J connectivity index is 1.61. The van der Waals surface area contributed by atoms with Crippen LogP contribution < -0.4 is 14.8 Å². The van der Waals surface area contributed by atoms with Crippen LogP contribution in [0.2, 0.25) is 10.0 Å². The minimum atomic E-state index is -0.222. The molecule has 0 fully saturated rings. The Labute approximate surface area is 172 Å². The molecule has 0 atom stereocenters. The monoisotopic (exact) mass is 420 g/mol. The molecule has 1 heterocycles. The zero-order valence-corrected chi connectivity index (χ0v) is 16.8. The highest BCUT2D eigenvalue weighted by molar-refractivity contribution is 6.34. The molecule has 3 aromatic rings. The number of benzene rings is 2. The molecule has 0 radical (unpaired) electrons. The standard InChI is InChI=1S/C20H18Cl2N2O4/c1-26-16-9-14(22)15(10-17(16)27-2)24-19(25)7-8-20-23-11-18(28-20)12-3-5-13(21)6-4-12/h3-6,9-11H,7-8H2,1-2H3,(H,24,25). The van der Waals surface area contributed by atoms with Gasteiger partial charge in [-0.2, -0.15) is 0 Å². The molecule has 0 spiro atoms. The van der Waals surface area contributed by atoms with Crippen molar-refractivity contribution in [1.29, 1.82) is 0 Å². The molecule has 146 valence electrons. The molecule has 2 aromatic carbocycles. The molecular formula is C20H18Cl2N2O4. The minimum absolute atomic E-state index is 0.186. The van der Waals surface area contributed by atoms with E-state index < -0.39 is 0 Å². The highest BCUT2D eigenvalue weighted by atomic mass is 35.5. The summed E-state index contributed by atoms with van der Waals surface area (Å²) < 4.78 is 16.1. The number of amides is 1. The fourth-order valence-electron chi connectivity index (χ4n) is 2.56. The number of nitrogens with zero attached hydrogens (tertiary/aromatic N) is 1. The average Bonchev–Trinajstić information content (AvgIpc) is 3.17. The largest absolute Gasteiger partial charge is 0.493 e. The van der Waals surface area contributed by atoms with Gasteiger partial charge in [0.05, 0.1) is 31.1 Å². The Morgan fingerprint density at radius 1 is 1.11 bits per heavy atom. The molecule has 3 rings (SSSR count). The maximum atomic E-state index is 12.3. The zero-order valence-electron chi connectivity index (χ0n) is 15.3. The number of oxazole rings is 1. The van der Waals surface area contributed by atoms with Gasteiger partial charge in [-0.25, -0.2) is 4.98 Å². The number of nitrogens with one attached hydrogen (secondary N) is 1. The second-order valence-corrected chi connectivity index (χ2v) is 6.70. The van der Waals surface area contributed by atoms with Crippen LogP contribution in [0.3, 0.4) is 0 Å². The topological polar surface area (TPSA) is 73.6 Å². The van der Waals surface area contributed by atoms with Gasteiger partial charge in [0, 0.05) is 35.6 Å². The molecule has 0 aliphatic carbocycles. The molecule has 0 aliphatic rings. The Bertz CT molecular complexity index is 971. The molecule has 0 bridgehead atoms. The van der Waals surface area contributed by atoms with Crippen molar-refractivity contribution in [2.24, 2.45) is 0 Å². The van der Waals surface area contributed by atoms with Crippen molar-refractivity contribution in [3.63, 3.8) is 0 Å². The fraction of sp³-hybridized carbons (Fsp3) is 0.200. The van der Waals surface area contributed by atoms with E-state index in [2.05, 4.69) is 10.3 Å². The van der Waals surface area contributed by atoms with Crippen LogP contribution >= 0.6 is 23.2 Å². The number of hydrogen-bond donors (Lipinski definition) is 1. The number of carbonyl (C=O) groups is 1. The molecule has 28 heavy (non-hydrogen) atoms. The van der Waals surface area contributed by atoms with Crippen molar-refractivity contribution in [2.75, 3.05) is 19.5 Å². The number of carbonyl (C=O) groups excluding carboxylic acids is 1. The van der Waals surface area contributed by atoms with Crippen LogP contribution in [0.5, 0.6) is 11.5 Å². The normalized spacial score (nSPS) is 10.6. The predicted molar refractivity (Wildman–Crippen MR) is 108 cm³/mol. The fourth-order valence-corrected chi connectivity index (χ4v) is 2.88. The van der Waals surface area contributed by atoms with Crippen molar-refractivity contribution in [2.45, 2.75) is 12.8 Å². The highest BCUT2D eigenvalue weighted by Gasteiger charge is 2.14. The molecule has 0 saturated carbocycles. The Morgan fingerprint density at radius 2 is 1.79 bits per heavy atom. The van der Waals surface area contributed by atoms with E-state index in [1.54, 1.807) is 30.5 Å². The smallest absolute Gasteiger partial charge is 0.224 e. The second kappa shape index (κ2) is 8.99. The maximum Gasteiger partial charge on any atom is 0.224 e. The summed E-state index contributed by atoms with van der Waals surface area (Å²) in [6, 6.07) is 10.4. The summed E-state index contributed by atoms with van der Waals surface area (Å²) >= 11 is 12.1. The van der Waals surface area contributed by atoms with E-state index in [0.717, 1.165) is 5.56 Å². The van der Waals surface area contributed by atoms with Gasteiger partial charge in [-0.05, 0) is 24.3 Å². The maximum absolute atomic E-state index is 12.3. The van der Waals surface area contributed by atoms with Gasteiger partial charge in [-0.3, -0.25) is 4.79 Å². The van der Waals surface area contributed by atoms with E-state index >= 15 is 0 Å². The van der Waals surface area contributed by atoms with Crippen LogP contribution in [0.1, 0.15) is 12.3 Å². The van der Waals surface area contributed by atoms with Crippen molar-refractivity contribution in [3.8, 4) is 22.8 Å². The van der Waals surface area contributed by atoms with Gasteiger partial charge in [0.1, 0.15) is 0 Å². The highest BCUT2D eigenvalue weighted by Crippen LogP contribution is 2.36. The van der Waals surface area contributed by atoms with Gasteiger partial charge in [-0.1, -0.05) is 23.2 Å². The lowest BCUT2D eigenvalue weighted by Crippen LogP contribution is -2.13. The SMILES string of the molecule is COc1cc(Cl)c(NC(=O)CCc2ncc(-c3ccc(Cl)cc3)o2)cc1OC. The Morgan fingerprint density at radius 3 is 2.46 bits per heavy atom. The predicted octanol–water partition coefficient (Wildman–Crippen LogP) is 5.24. The van der Waals surface area contributed by atoms with Crippen LogP contribution in [-0.2, 0) is 11.2 Å². The number of halogens is 2. The summed E-state index contributed by atoms with van der Waals surface area (Å²) in [5, 5.41) is 3.76. The van der Waals surface area contributed by atoms with Gasteiger partial charge in [0.25, 0.3) is 0 Å². The number of rotatable bonds is 7. The molecule has 1 N–H and O–H groups in total. The quantitative estimate of drug-likeness (QED) is 0.565.